The maximum Gasteiger partial charge on any atom is 0.225 e. The van der Waals surface area contributed by atoms with Gasteiger partial charge >= 0.3 is 0 Å². The van der Waals surface area contributed by atoms with Crippen LogP contribution in [0.1, 0.15) is 52.4 Å². The lowest BCUT2D eigenvalue weighted by Crippen LogP contribution is -2.43. The van der Waals surface area contributed by atoms with Crippen molar-refractivity contribution in [2.24, 2.45) is 17.6 Å². The zero-order valence-corrected chi connectivity index (χ0v) is 12.3. The van der Waals surface area contributed by atoms with Crippen LogP contribution in [0.4, 0.5) is 0 Å². The summed E-state index contributed by atoms with van der Waals surface area (Å²) in [5, 5.41) is 10.1. The van der Waals surface area contributed by atoms with E-state index in [2.05, 4.69) is 6.92 Å². The molecule has 1 saturated carbocycles. The number of aliphatic hydroxyl groups is 1. The Morgan fingerprint density at radius 2 is 2.05 bits per heavy atom. The van der Waals surface area contributed by atoms with E-state index in [1.807, 2.05) is 11.8 Å². The van der Waals surface area contributed by atoms with Crippen LogP contribution in [0.2, 0.25) is 0 Å². The molecular weight excluding hydrogens is 240 g/mol. The van der Waals surface area contributed by atoms with Gasteiger partial charge in [0.05, 0.1) is 5.60 Å². The maximum absolute atomic E-state index is 12.6. The molecule has 1 aliphatic carbocycles. The number of hydrogen-bond acceptors (Lipinski definition) is 3. The maximum atomic E-state index is 12.6. The Labute approximate surface area is 116 Å². The van der Waals surface area contributed by atoms with Gasteiger partial charge in [-0.1, -0.05) is 6.92 Å². The van der Waals surface area contributed by atoms with Crippen LogP contribution in [0, 0.1) is 11.8 Å². The van der Waals surface area contributed by atoms with Gasteiger partial charge in [-0.2, -0.15) is 0 Å². The summed E-state index contributed by atoms with van der Waals surface area (Å²) in [5.41, 5.74) is 5.42. The molecule has 4 unspecified atom stereocenters. The average molecular weight is 268 g/mol. The van der Waals surface area contributed by atoms with Crippen LogP contribution in [-0.2, 0) is 4.79 Å². The van der Waals surface area contributed by atoms with Crippen LogP contribution in [0.3, 0.4) is 0 Å². The largest absolute Gasteiger partial charge is 0.390 e. The standard InChI is InChI=1S/C15H28N2O2/c1-11-10-12(4-5-13(11)16)14(18)17-8-3-6-15(2,19)7-9-17/h11-13,19H,3-10,16H2,1-2H3. The summed E-state index contributed by atoms with van der Waals surface area (Å²) in [6.07, 6.45) is 5.21. The summed E-state index contributed by atoms with van der Waals surface area (Å²) >= 11 is 0. The molecule has 0 aromatic rings. The molecule has 4 atom stereocenters. The highest BCUT2D eigenvalue weighted by Crippen LogP contribution is 2.30. The third kappa shape index (κ3) is 3.69. The van der Waals surface area contributed by atoms with Crippen LogP contribution in [-0.4, -0.2) is 40.6 Å². The summed E-state index contributed by atoms with van der Waals surface area (Å²) in [5.74, 6) is 0.882. The fraction of sp³-hybridized carbons (Fsp3) is 0.933. The molecule has 0 bridgehead atoms. The van der Waals surface area contributed by atoms with Crippen molar-refractivity contribution in [3.8, 4) is 0 Å². The van der Waals surface area contributed by atoms with Gasteiger partial charge in [0, 0.05) is 25.0 Å². The second-order valence-electron chi connectivity index (χ2n) is 6.83. The minimum atomic E-state index is -0.600. The second-order valence-corrected chi connectivity index (χ2v) is 6.83. The molecule has 2 fully saturated rings. The fourth-order valence-corrected chi connectivity index (χ4v) is 3.39. The highest BCUT2D eigenvalue weighted by Gasteiger charge is 2.34. The SMILES string of the molecule is CC1CC(C(=O)N2CCCC(C)(O)CC2)CCC1N. The van der Waals surface area contributed by atoms with E-state index in [1.54, 1.807) is 0 Å². The number of nitrogens with zero attached hydrogens (tertiary/aromatic N) is 1. The van der Waals surface area contributed by atoms with E-state index < -0.39 is 5.60 Å². The minimum Gasteiger partial charge on any atom is -0.390 e. The van der Waals surface area contributed by atoms with Gasteiger partial charge in [-0.05, 0) is 51.4 Å². The topological polar surface area (TPSA) is 66.6 Å². The monoisotopic (exact) mass is 268 g/mol. The van der Waals surface area contributed by atoms with Gasteiger partial charge in [-0.25, -0.2) is 0 Å². The van der Waals surface area contributed by atoms with Crippen molar-refractivity contribution in [2.75, 3.05) is 13.1 Å². The van der Waals surface area contributed by atoms with E-state index in [4.69, 9.17) is 5.73 Å². The number of amides is 1. The predicted molar refractivity (Wildman–Crippen MR) is 75.5 cm³/mol. The van der Waals surface area contributed by atoms with Crippen molar-refractivity contribution in [3.05, 3.63) is 0 Å². The number of rotatable bonds is 1. The lowest BCUT2D eigenvalue weighted by atomic mass is 9.78. The van der Waals surface area contributed by atoms with Crippen LogP contribution < -0.4 is 5.73 Å². The van der Waals surface area contributed by atoms with Gasteiger partial charge in [-0.15, -0.1) is 0 Å². The molecule has 1 saturated heterocycles. The zero-order chi connectivity index (χ0) is 14.0. The van der Waals surface area contributed by atoms with Crippen molar-refractivity contribution in [2.45, 2.75) is 64.0 Å². The molecule has 19 heavy (non-hydrogen) atoms. The van der Waals surface area contributed by atoms with Gasteiger partial charge in [-0.3, -0.25) is 4.79 Å². The minimum absolute atomic E-state index is 0.151. The van der Waals surface area contributed by atoms with Crippen molar-refractivity contribution >= 4 is 5.91 Å². The highest BCUT2D eigenvalue weighted by atomic mass is 16.3. The molecule has 0 aromatic carbocycles. The Kier molecular flexibility index (Phi) is 4.51. The normalized spacial score (nSPS) is 40.8. The van der Waals surface area contributed by atoms with Gasteiger partial charge in [0.25, 0.3) is 0 Å². The molecule has 4 nitrogen and oxygen atoms in total. The van der Waals surface area contributed by atoms with Crippen molar-refractivity contribution < 1.29 is 9.90 Å². The first-order chi connectivity index (χ1) is 8.89. The summed E-state index contributed by atoms with van der Waals surface area (Å²) in [6.45, 7) is 5.52. The molecule has 4 heteroatoms. The Hall–Kier alpha value is -0.610. The molecule has 3 N–H and O–H groups in total. The van der Waals surface area contributed by atoms with E-state index >= 15 is 0 Å². The molecule has 1 amide bonds. The Balaban J connectivity index is 1.92. The summed E-state index contributed by atoms with van der Waals surface area (Å²) in [4.78, 5) is 14.5. The molecule has 2 aliphatic rings. The quantitative estimate of drug-likeness (QED) is 0.757. The first kappa shape index (κ1) is 14.8. The molecule has 2 rings (SSSR count). The molecule has 110 valence electrons. The summed E-state index contributed by atoms with van der Waals surface area (Å²) in [6, 6.07) is 0.258. The van der Waals surface area contributed by atoms with E-state index in [0.29, 0.717) is 18.9 Å². The third-order valence-corrected chi connectivity index (χ3v) is 4.96. The van der Waals surface area contributed by atoms with E-state index in [0.717, 1.165) is 38.6 Å². The van der Waals surface area contributed by atoms with Crippen molar-refractivity contribution in [1.82, 2.24) is 4.90 Å². The number of carbonyl (C=O) groups is 1. The van der Waals surface area contributed by atoms with Crippen LogP contribution >= 0.6 is 0 Å². The molecule has 1 heterocycles. The smallest absolute Gasteiger partial charge is 0.225 e. The van der Waals surface area contributed by atoms with Gasteiger partial charge in [0.15, 0.2) is 0 Å². The molecule has 0 aromatic heterocycles. The molecule has 1 aliphatic heterocycles. The lowest BCUT2D eigenvalue weighted by molar-refractivity contribution is -0.137. The van der Waals surface area contributed by atoms with E-state index in [9.17, 15) is 9.90 Å². The third-order valence-electron chi connectivity index (χ3n) is 4.96. The van der Waals surface area contributed by atoms with Crippen LogP contribution in [0.15, 0.2) is 0 Å². The highest BCUT2D eigenvalue weighted by molar-refractivity contribution is 5.79. The first-order valence-corrected chi connectivity index (χ1v) is 7.66. The van der Waals surface area contributed by atoms with Gasteiger partial charge < -0.3 is 15.7 Å². The Bertz CT molecular complexity index is 330. The van der Waals surface area contributed by atoms with Crippen LogP contribution in [0.5, 0.6) is 0 Å². The molecule has 0 spiro atoms. The van der Waals surface area contributed by atoms with E-state index in [1.165, 1.54) is 0 Å². The van der Waals surface area contributed by atoms with Crippen LogP contribution in [0.25, 0.3) is 0 Å². The van der Waals surface area contributed by atoms with E-state index in [-0.39, 0.29) is 17.9 Å². The average Bonchev–Trinajstić information content (AvgIpc) is 2.53. The Morgan fingerprint density at radius 3 is 2.74 bits per heavy atom. The van der Waals surface area contributed by atoms with Crippen molar-refractivity contribution in [1.29, 1.82) is 0 Å². The Morgan fingerprint density at radius 1 is 1.32 bits per heavy atom. The van der Waals surface area contributed by atoms with Gasteiger partial charge in [0.2, 0.25) is 5.91 Å². The molecule has 0 radical (unpaired) electrons. The van der Waals surface area contributed by atoms with Gasteiger partial charge in [0.1, 0.15) is 0 Å². The summed E-state index contributed by atoms with van der Waals surface area (Å²) in [7, 11) is 0. The lowest BCUT2D eigenvalue weighted by Gasteiger charge is -2.34. The fourth-order valence-electron chi connectivity index (χ4n) is 3.39. The molecular formula is C15H28N2O2. The number of carbonyl (C=O) groups excluding carboxylic acids is 1. The first-order valence-electron chi connectivity index (χ1n) is 7.66. The second kappa shape index (κ2) is 5.80. The number of nitrogens with two attached hydrogens (primary N) is 1. The summed E-state index contributed by atoms with van der Waals surface area (Å²) < 4.78 is 0. The van der Waals surface area contributed by atoms with Crippen molar-refractivity contribution in [3.63, 3.8) is 0 Å². The number of likely N-dealkylation sites (tertiary alicyclic amines) is 1. The number of hydrogen-bond donors (Lipinski definition) is 2. The predicted octanol–water partition coefficient (Wildman–Crippen LogP) is 1.51. The zero-order valence-electron chi connectivity index (χ0n) is 12.3.